The van der Waals surface area contributed by atoms with E-state index in [0.29, 0.717) is 6.54 Å². The van der Waals surface area contributed by atoms with Crippen LogP contribution in [0.1, 0.15) is 5.56 Å². The van der Waals surface area contributed by atoms with Gasteiger partial charge < -0.3 is 0 Å². The second kappa shape index (κ2) is 4.53. The first-order valence-electron chi connectivity index (χ1n) is 4.01. The molecule has 0 fully saturated rings. The summed E-state index contributed by atoms with van der Waals surface area (Å²) in [5, 5.41) is 5.28. The monoisotopic (exact) mass is 199 g/mol. The minimum Gasteiger partial charge on any atom is -0.271 e. The van der Waals surface area contributed by atoms with Gasteiger partial charge in [-0.05, 0) is 12.6 Å². The van der Waals surface area contributed by atoms with Gasteiger partial charge in [-0.25, -0.2) is 10.2 Å². The molecule has 0 amide bonds. The molecule has 1 aromatic rings. The van der Waals surface area contributed by atoms with Crippen LogP contribution in [0, 0.1) is 0 Å². The molecule has 5 heteroatoms. The maximum atomic E-state index is 11.3. The molecule has 1 rings (SSSR count). The summed E-state index contributed by atoms with van der Waals surface area (Å²) < 4.78 is 11.3. The average Bonchev–Trinajstić information content (AvgIpc) is 2.17. The van der Waals surface area contributed by atoms with Gasteiger partial charge in [0.1, 0.15) is 0 Å². The van der Waals surface area contributed by atoms with Crippen LogP contribution in [0.15, 0.2) is 30.3 Å². The molecule has 0 saturated heterocycles. The van der Waals surface area contributed by atoms with E-state index in [1.165, 1.54) is 0 Å². The third-order valence-electron chi connectivity index (χ3n) is 1.69. The smallest absolute Gasteiger partial charge is 0.271 e. The lowest BCUT2D eigenvalue weighted by Gasteiger charge is -2.12. The topological polar surface area (TPSA) is 67.1 Å². The molecule has 1 aromatic carbocycles. The molecule has 0 aromatic heterocycles. The molecule has 4 N–H and O–H groups in total. The molecule has 0 aliphatic heterocycles. The molecule has 1 atom stereocenters. The summed E-state index contributed by atoms with van der Waals surface area (Å²) in [4.78, 5) is 0. The van der Waals surface area contributed by atoms with E-state index in [1.54, 1.807) is 7.05 Å². The van der Waals surface area contributed by atoms with E-state index in [0.717, 1.165) is 5.56 Å². The number of nitrogens with two attached hydrogens (primary N) is 1. The third kappa shape index (κ3) is 3.70. The van der Waals surface area contributed by atoms with Gasteiger partial charge in [-0.2, -0.15) is 0 Å². The maximum Gasteiger partial charge on any atom is 0.276 e. The van der Waals surface area contributed by atoms with Crippen molar-refractivity contribution in [2.75, 3.05) is 7.05 Å². The molecular formula is C8H14N3OP. The summed E-state index contributed by atoms with van der Waals surface area (Å²) in [6.45, 7) is 0.509. The van der Waals surface area contributed by atoms with E-state index >= 15 is 0 Å². The number of hydrogen-bond donors (Lipinski definition) is 3. The lowest BCUT2D eigenvalue weighted by atomic mass is 10.2. The zero-order valence-corrected chi connectivity index (χ0v) is 8.42. The van der Waals surface area contributed by atoms with E-state index in [2.05, 4.69) is 10.2 Å². The number of nitrogens with one attached hydrogen (secondary N) is 2. The Labute approximate surface area is 78.1 Å². The van der Waals surface area contributed by atoms with Gasteiger partial charge in [0, 0.05) is 6.54 Å². The number of hydrogen-bond acceptors (Lipinski definition) is 1. The van der Waals surface area contributed by atoms with Crippen molar-refractivity contribution < 1.29 is 4.57 Å². The van der Waals surface area contributed by atoms with Crippen molar-refractivity contribution in [1.82, 2.24) is 10.2 Å². The molecule has 0 aliphatic rings. The quantitative estimate of drug-likeness (QED) is 0.634. The van der Waals surface area contributed by atoms with Crippen LogP contribution in [0.25, 0.3) is 0 Å². The Bertz CT molecular complexity index is 302. The molecular weight excluding hydrogens is 185 g/mol. The fourth-order valence-electron chi connectivity index (χ4n) is 0.884. The molecule has 0 spiro atoms. The first-order valence-corrected chi connectivity index (χ1v) is 5.78. The third-order valence-corrected chi connectivity index (χ3v) is 2.99. The number of benzene rings is 1. The van der Waals surface area contributed by atoms with Crippen LogP contribution in [0.5, 0.6) is 0 Å². The zero-order chi connectivity index (χ0) is 9.73. The highest BCUT2D eigenvalue weighted by atomic mass is 31.2. The normalized spacial score (nSPS) is 15.2. The van der Waals surface area contributed by atoms with Gasteiger partial charge in [-0.15, -0.1) is 0 Å². The summed E-state index contributed by atoms with van der Waals surface area (Å²) in [7, 11) is -1.27. The van der Waals surface area contributed by atoms with Crippen molar-refractivity contribution in [3.63, 3.8) is 0 Å². The molecule has 0 heterocycles. The SMILES string of the molecule is CNP(N)(=O)NCc1ccccc1. The summed E-state index contributed by atoms with van der Waals surface area (Å²) in [6.07, 6.45) is 0. The first kappa shape index (κ1) is 10.4. The molecule has 0 saturated carbocycles. The van der Waals surface area contributed by atoms with Crippen molar-refractivity contribution in [3.05, 3.63) is 35.9 Å². The van der Waals surface area contributed by atoms with E-state index in [4.69, 9.17) is 5.50 Å². The van der Waals surface area contributed by atoms with Crippen molar-refractivity contribution in [2.45, 2.75) is 6.54 Å². The van der Waals surface area contributed by atoms with Gasteiger partial charge in [0.2, 0.25) is 0 Å². The molecule has 0 aliphatic carbocycles. The fraction of sp³-hybridized carbons (Fsp3) is 0.250. The van der Waals surface area contributed by atoms with Crippen molar-refractivity contribution in [3.8, 4) is 0 Å². The average molecular weight is 199 g/mol. The Morgan fingerprint density at radius 1 is 1.38 bits per heavy atom. The standard InChI is InChI=1S/C8H14N3OP/c1-10-13(9,12)11-7-8-5-3-2-4-6-8/h2-6H,7H2,1H3,(H4,9,10,11,12). The van der Waals surface area contributed by atoms with Crippen molar-refractivity contribution in [2.24, 2.45) is 5.50 Å². The van der Waals surface area contributed by atoms with Crippen molar-refractivity contribution >= 4 is 7.59 Å². The zero-order valence-electron chi connectivity index (χ0n) is 7.53. The molecule has 13 heavy (non-hydrogen) atoms. The summed E-state index contributed by atoms with van der Waals surface area (Å²) in [5.74, 6) is 0. The lowest BCUT2D eigenvalue weighted by Crippen LogP contribution is -2.24. The van der Waals surface area contributed by atoms with Crippen LogP contribution >= 0.6 is 7.59 Å². The lowest BCUT2D eigenvalue weighted by molar-refractivity contribution is 0.558. The summed E-state index contributed by atoms with van der Waals surface area (Å²) in [6, 6.07) is 9.69. The predicted octanol–water partition coefficient (Wildman–Crippen LogP) is 1.06. The van der Waals surface area contributed by atoms with Crippen LogP contribution in [0.3, 0.4) is 0 Å². The van der Waals surface area contributed by atoms with Gasteiger partial charge in [-0.1, -0.05) is 30.3 Å². The highest BCUT2D eigenvalue weighted by molar-refractivity contribution is 7.57. The molecule has 1 unspecified atom stereocenters. The van der Waals surface area contributed by atoms with E-state index in [9.17, 15) is 4.57 Å². The van der Waals surface area contributed by atoms with E-state index < -0.39 is 7.59 Å². The van der Waals surface area contributed by atoms with Crippen LogP contribution in [0.2, 0.25) is 0 Å². The summed E-state index contributed by atoms with van der Waals surface area (Å²) in [5.41, 5.74) is 6.46. The van der Waals surface area contributed by atoms with Crippen LogP contribution in [0.4, 0.5) is 0 Å². The highest BCUT2D eigenvalue weighted by Gasteiger charge is 2.09. The van der Waals surface area contributed by atoms with Crippen LogP contribution in [-0.2, 0) is 11.1 Å². The Hall–Kier alpha value is -0.670. The van der Waals surface area contributed by atoms with Gasteiger partial charge in [0.15, 0.2) is 0 Å². The Morgan fingerprint density at radius 3 is 2.54 bits per heavy atom. The molecule has 0 bridgehead atoms. The number of rotatable bonds is 4. The molecule has 0 radical (unpaired) electrons. The maximum absolute atomic E-state index is 11.3. The Balaban J connectivity index is 2.49. The van der Waals surface area contributed by atoms with E-state index in [-0.39, 0.29) is 0 Å². The van der Waals surface area contributed by atoms with Crippen LogP contribution in [-0.4, -0.2) is 7.05 Å². The molecule has 72 valence electrons. The largest absolute Gasteiger partial charge is 0.276 e. The first-order chi connectivity index (χ1) is 6.14. The Morgan fingerprint density at radius 2 is 2.00 bits per heavy atom. The van der Waals surface area contributed by atoms with Gasteiger partial charge in [0.05, 0.1) is 0 Å². The molecule has 4 nitrogen and oxygen atoms in total. The predicted molar refractivity (Wildman–Crippen MR) is 54.1 cm³/mol. The van der Waals surface area contributed by atoms with Gasteiger partial charge in [0.25, 0.3) is 7.59 Å². The fourth-order valence-corrected chi connectivity index (χ4v) is 1.46. The second-order valence-electron chi connectivity index (χ2n) is 2.70. The highest BCUT2D eigenvalue weighted by Crippen LogP contribution is 2.23. The van der Waals surface area contributed by atoms with Crippen molar-refractivity contribution in [1.29, 1.82) is 0 Å². The second-order valence-corrected chi connectivity index (χ2v) is 4.78. The van der Waals surface area contributed by atoms with Gasteiger partial charge >= 0.3 is 0 Å². The minimum absolute atomic E-state index is 0.509. The van der Waals surface area contributed by atoms with Gasteiger partial charge in [-0.3, -0.25) is 10.1 Å². The van der Waals surface area contributed by atoms with E-state index in [1.807, 2.05) is 30.3 Å². The van der Waals surface area contributed by atoms with Crippen LogP contribution < -0.4 is 15.7 Å². The Kier molecular flexibility index (Phi) is 3.63. The minimum atomic E-state index is -2.84. The summed E-state index contributed by atoms with van der Waals surface area (Å²) >= 11 is 0.